The number of aromatic nitrogens is 2. The highest BCUT2D eigenvalue weighted by atomic mass is 127. The van der Waals surface area contributed by atoms with Crippen LogP contribution in [0.5, 0.6) is 0 Å². The van der Waals surface area contributed by atoms with E-state index < -0.39 is 0 Å². The lowest BCUT2D eigenvalue weighted by atomic mass is 9.90. The minimum Gasteiger partial charge on any atom is -0.297 e. The molecule has 4 nitrogen and oxygen atoms in total. The minimum atomic E-state index is -0.356. The van der Waals surface area contributed by atoms with Crippen LogP contribution in [0, 0.1) is 17.4 Å². The van der Waals surface area contributed by atoms with Crippen molar-refractivity contribution in [3.05, 3.63) is 63.5 Å². The van der Waals surface area contributed by atoms with Gasteiger partial charge in [0.1, 0.15) is 6.04 Å². The molecular formula is C18H22IN3O. The fourth-order valence-corrected chi connectivity index (χ4v) is 3.16. The monoisotopic (exact) mass is 423 g/mol. The lowest BCUT2D eigenvalue weighted by Crippen LogP contribution is -2.43. The summed E-state index contributed by atoms with van der Waals surface area (Å²) in [6.07, 6.45) is 1.84. The summed E-state index contributed by atoms with van der Waals surface area (Å²) >= 11 is 2.28. The number of nitrogens with zero attached hydrogens (tertiary/aromatic N) is 3. The maximum Gasteiger partial charge on any atom is 0.265 e. The number of likely N-dealkylation sites (N-methyl/N-ethyl adjacent to an activating group) is 1. The molecule has 2 aromatic rings. The number of rotatable bonds is 5. The number of benzene rings is 1. The Bertz CT molecular complexity index is 704. The molecule has 23 heavy (non-hydrogen) atoms. The van der Waals surface area contributed by atoms with E-state index in [2.05, 4.69) is 46.4 Å². The van der Waals surface area contributed by atoms with Crippen LogP contribution in [0.2, 0.25) is 0 Å². The Hall–Kier alpha value is -1.47. The molecular weight excluding hydrogens is 401 g/mol. The Morgan fingerprint density at radius 3 is 2.35 bits per heavy atom. The third kappa shape index (κ3) is 3.90. The molecule has 0 saturated heterocycles. The van der Waals surface area contributed by atoms with Crippen LogP contribution in [-0.4, -0.2) is 40.7 Å². The van der Waals surface area contributed by atoms with Crippen molar-refractivity contribution < 1.29 is 4.79 Å². The molecule has 122 valence electrons. The second-order valence-corrected chi connectivity index (χ2v) is 7.14. The third-order valence-corrected chi connectivity index (χ3v) is 4.60. The van der Waals surface area contributed by atoms with Gasteiger partial charge in [-0.05, 0) is 74.3 Å². The average molecular weight is 423 g/mol. The van der Waals surface area contributed by atoms with Crippen LogP contribution in [0.4, 0.5) is 0 Å². The van der Waals surface area contributed by atoms with Crippen LogP contribution in [0.3, 0.4) is 0 Å². The molecule has 5 heteroatoms. The number of hydrogen-bond donors (Lipinski definition) is 0. The summed E-state index contributed by atoms with van der Waals surface area (Å²) in [7, 11) is 3.83. The summed E-state index contributed by atoms with van der Waals surface area (Å²) in [5.41, 5.74) is 2.77. The topological polar surface area (TPSA) is 38.1 Å². The summed E-state index contributed by atoms with van der Waals surface area (Å²) in [5, 5.41) is 4.34. The van der Waals surface area contributed by atoms with Gasteiger partial charge in [0.25, 0.3) is 5.91 Å². The second kappa shape index (κ2) is 7.40. The molecule has 1 aromatic heterocycles. The second-order valence-electron chi connectivity index (χ2n) is 5.90. The first-order chi connectivity index (χ1) is 10.8. The molecule has 0 spiro atoms. The maximum absolute atomic E-state index is 13.1. The van der Waals surface area contributed by atoms with Crippen molar-refractivity contribution in [2.24, 2.45) is 0 Å². The average Bonchev–Trinajstić information content (AvgIpc) is 2.83. The Labute approximate surface area is 151 Å². The first-order valence-electron chi connectivity index (χ1n) is 7.47. The van der Waals surface area contributed by atoms with E-state index in [0.717, 1.165) is 17.0 Å². The molecule has 0 aliphatic carbocycles. The Morgan fingerprint density at radius 2 is 1.91 bits per heavy atom. The van der Waals surface area contributed by atoms with Crippen LogP contribution < -0.4 is 0 Å². The highest BCUT2D eigenvalue weighted by Crippen LogP contribution is 2.26. The van der Waals surface area contributed by atoms with Gasteiger partial charge in [-0.2, -0.15) is 5.10 Å². The van der Waals surface area contributed by atoms with Gasteiger partial charge in [0, 0.05) is 15.2 Å². The van der Waals surface area contributed by atoms with Crippen LogP contribution in [-0.2, 0) is 0 Å². The molecule has 0 radical (unpaired) electrons. The molecule has 2 rings (SSSR count). The molecule has 0 bridgehead atoms. The smallest absolute Gasteiger partial charge is 0.265 e. The van der Waals surface area contributed by atoms with Gasteiger partial charge in [0.05, 0.1) is 5.69 Å². The maximum atomic E-state index is 13.1. The SMILES string of the molecule is C=C[C@@H](c1ccc(I)cc1)[C@H](C(=O)n1nc(C)cc1C)N(C)C. The predicted octanol–water partition coefficient (Wildman–Crippen LogP) is 3.64. The van der Waals surface area contributed by atoms with Crippen molar-refractivity contribution in [2.45, 2.75) is 25.8 Å². The first-order valence-corrected chi connectivity index (χ1v) is 8.55. The molecule has 0 saturated carbocycles. The quantitative estimate of drug-likeness (QED) is 0.545. The molecule has 0 unspecified atom stereocenters. The van der Waals surface area contributed by atoms with Gasteiger partial charge in [-0.25, -0.2) is 4.68 Å². The van der Waals surface area contributed by atoms with Crippen LogP contribution in [0.25, 0.3) is 0 Å². The van der Waals surface area contributed by atoms with Gasteiger partial charge < -0.3 is 0 Å². The van der Waals surface area contributed by atoms with E-state index in [1.807, 2.05) is 57.1 Å². The van der Waals surface area contributed by atoms with E-state index in [1.165, 1.54) is 8.25 Å². The van der Waals surface area contributed by atoms with Crippen molar-refractivity contribution in [3.8, 4) is 0 Å². The highest BCUT2D eigenvalue weighted by Gasteiger charge is 2.31. The number of carbonyl (C=O) groups is 1. The van der Waals surface area contributed by atoms with Crippen molar-refractivity contribution in [1.82, 2.24) is 14.7 Å². The van der Waals surface area contributed by atoms with Crippen molar-refractivity contribution in [2.75, 3.05) is 14.1 Å². The van der Waals surface area contributed by atoms with E-state index >= 15 is 0 Å². The van der Waals surface area contributed by atoms with E-state index in [-0.39, 0.29) is 17.9 Å². The number of halogens is 1. The van der Waals surface area contributed by atoms with Gasteiger partial charge in [-0.15, -0.1) is 6.58 Å². The molecule has 1 aromatic carbocycles. The van der Waals surface area contributed by atoms with Gasteiger partial charge >= 0.3 is 0 Å². The van der Waals surface area contributed by atoms with E-state index in [1.54, 1.807) is 0 Å². The zero-order chi connectivity index (χ0) is 17.1. The van der Waals surface area contributed by atoms with Crippen molar-refractivity contribution in [1.29, 1.82) is 0 Å². The largest absolute Gasteiger partial charge is 0.297 e. The van der Waals surface area contributed by atoms with Crippen molar-refractivity contribution in [3.63, 3.8) is 0 Å². The van der Waals surface area contributed by atoms with E-state index in [0.29, 0.717) is 0 Å². The highest BCUT2D eigenvalue weighted by molar-refractivity contribution is 14.1. The molecule has 0 N–H and O–H groups in total. The molecule has 0 aliphatic heterocycles. The fourth-order valence-electron chi connectivity index (χ4n) is 2.81. The lowest BCUT2D eigenvalue weighted by molar-refractivity contribution is 0.0752. The number of aryl methyl sites for hydroxylation is 2. The molecule has 0 fully saturated rings. The minimum absolute atomic E-state index is 0.0379. The summed E-state index contributed by atoms with van der Waals surface area (Å²) in [6.45, 7) is 7.75. The van der Waals surface area contributed by atoms with E-state index in [9.17, 15) is 4.79 Å². The van der Waals surface area contributed by atoms with Crippen LogP contribution in [0.1, 0.15) is 27.7 Å². The Balaban J connectivity index is 2.43. The van der Waals surface area contributed by atoms with Crippen LogP contribution >= 0.6 is 22.6 Å². The molecule has 2 atom stereocenters. The predicted molar refractivity (Wildman–Crippen MR) is 102 cm³/mol. The van der Waals surface area contributed by atoms with Gasteiger partial charge in [-0.1, -0.05) is 18.2 Å². The summed E-state index contributed by atoms with van der Waals surface area (Å²) in [5.74, 6) is -0.137. The first kappa shape index (κ1) is 17.9. The number of carbonyl (C=O) groups excluding carboxylic acids is 1. The third-order valence-electron chi connectivity index (χ3n) is 3.88. The molecule has 0 aliphatic rings. The summed E-state index contributed by atoms with van der Waals surface area (Å²) < 4.78 is 2.67. The zero-order valence-corrected chi connectivity index (χ0v) is 16.1. The zero-order valence-electron chi connectivity index (χ0n) is 14.0. The van der Waals surface area contributed by atoms with Gasteiger partial charge in [-0.3, -0.25) is 9.69 Å². The number of hydrogen-bond acceptors (Lipinski definition) is 3. The molecule has 1 heterocycles. The van der Waals surface area contributed by atoms with Gasteiger partial charge in [0.15, 0.2) is 0 Å². The normalized spacial score (nSPS) is 13.8. The summed E-state index contributed by atoms with van der Waals surface area (Å²) in [6, 6.07) is 9.77. The van der Waals surface area contributed by atoms with Crippen LogP contribution in [0.15, 0.2) is 43.0 Å². The van der Waals surface area contributed by atoms with Gasteiger partial charge in [0.2, 0.25) is 0 Å². The lowest BCUT2D eigenvalue weighted by Gasteiger charge is -2.29. The summed E-state index contributed by atoms with van der Waals surface area (Å²) in [4.78, 5) is 15.0. The standard InChI is InChI=1S/C18H22IN3O/c1-6-16(14-7-9-15(19)10-8-14)17(21(4)5)18(23)22-13(3)11-12(2)20-22/h6-11,16-17H,1H2,2-5H3/t16-,17+/m0/s1. The Morgan fingerprint density at radius 1 is 1.30 bits per heavy atom. The van der Waals surface area contributed by atoms with Crippen molar-refractivity contribution >= 4 is 28.5 Å². The fraction of sp³-hybridized carbons (Fsp3) is 0.333. The molecule has 0 amide bonds. The Kier molecular flexibility index (Phi) is 5.75. The van der Waals surface area contributed by atoms with E-state index in [4.69, 9.17) is 0 Å².